The third kappa shape index (κ3) is 5.28. The van der Waals surface area contributed by atoms with E-state index in [1.165, 1.54) is 7.11 Å². The van der Waals surface area contributed by atoms with Crippen LogP contribution in [-0.4, -0.2) is 25.0 Å². The van der Waals surface area contributed by atoms with Gasteiger partial charge in [-0.3, -0.25) is 9.59 Å². The number of hydrogen-bond donors (Lipinski definition) is 2. The van der Waals surface area contributed by atoms with Crippen molar-refractivity contribution < 1.29 is 14.3 Å². The van der Waals surface area contributed by atoms with E-state index in [1.54, 1.807) is 12.1 Å². The first-order chi connectivity index (χ1) is 10.1. The van der Waals surface area contributed by atoms with Crippen LogP contribution >= 0.6 is 0 Å². The van der Waals surface area contributed by atoms with Crippen LogP contribution in [-0.2, 0) is 14.3 Å². The van der Waals surface area contributed by atoms with Crippen LogP contribution in [0.25, 0.3) is 0 Å². The largest absolute Gasteiger partial charge is 0.368 e. The molecule has 2 amide bonds. The topological polar surface area (TPSA) is 81.4 Å². The molecule has 0 fully saturated rings. The molecule has 0 aliphatic rings. The van der Waals surface area contributed by atoms with Crippen molar-refractivity contribution >= 4 is 11.8 Å². The van der Waals surface area contributed by atoms with Crippen molar-refractivity contribution in [2.45, 2.75) is 31.4 Å². The Kier molecular flexibility index (Phi) is 6.99. The zero-order valence-corrected chi connectivity index (χ0v) is 12.0. The molecule has 0 spiro atoms. The van der Waals surface area contributed by atoms with Gasteiger partial charge >= 0.3 is 0 Å². The van der Waals surface area contributed by atoms with Crippen LogP contribution in [0.3, 0.4) is 0 Å². The molecule has 21 heavy (non-hydrogen) atoms. The van der Waals surface area contributed by atoms with Gasteiger partial charge in [-0.2, -0.15) is 0 Å². The Morgan fingerprint density at radius 3 is 2.57 bits per heavy atom. The molecule has 1 aromatic carbocycles. The van der Waals surface area contributed by atoms with Gasteiger partial charge in [-0.1, -0.05) is 30.3 Å². The highest BCUT2D eigenvalue weighted by Gasteiger charge is 2.24. The molecule has 1 aromatic rings. The van der Waals surface area contributed by atoms with Crippen LogP contribution in [0.5, 0.6) is 0 Å². The molecule has 3 N–H and O–H groups in total. The summed E-state index contributed by atoms with van der Waals surface area (Å²) in [5.74, 6) is 1.51. The third-order valence-electron chi connectivity index (χ3n) is 3.05. The van der Waals surface area contributed by atoms with Crippen molar-refractivity contribution in [3.63, 3.8) is 0 Å². The van der Waals surface area contributed by atoms with Crippen molar-refractivity contribution in [3.05, 3.63) is 35.9 Å². The molecule has 0 unspecified atom stereocenters. The minimum absolute atomic E-state index is 0.395. The number of ether oxygens (including phenoxy) is 1. The van der Waals surface area contributed by atoms with Gasteiger partial charge in [0.25, 0.3) is 5.91 Å². The summed E-state index contributed by atoms with van der Waals surface area (Å²) in [5.41, 5.74) is 6.01. The molecule has 5 nitrogen and oxygen atoms in total. The van der Waals surface area contributed by atoms with Gasteiger partial charge in [-0.25, -0.2) is 0 Å². The van der Waals surface area contributed by atoms with Gasteiger partial charge in [0, 0.05) is 13.5 Å². The predicted molar refractivity (Wildman–Crippen MR) is 80.0 cm³/mol. The zero-order valence-electron chi connectivity index (χ0n) is 12.0. The number of terminal acetylenes is 1. The first-order valence-corrected chi connectivity index (χ1v) is 6.71. The smallest absolute Gasteiger partial charge is 0.254 e. The van der Waals surface area contributed by atoms with Crippen LogP contribution < -0.4 is 11.1 Å². The number of nitrogens with two attached hydrogens (primary N) is 1. The fraction of sp³-hybridized carbons (Fsp3) is 0.375. The number of carbonyl (C=O) groups excluding carboxylic acids is 2. The molecule has 0 bridgehead atoms. The number of amides is 2. The Hall–Kier alpha value is -2.32. The molecule has 0 aliphatic carbocycles. The average Bonchev–Trinajstić information content (AvgIpc) is 2.48. The maximum atomic E-state index is 12.2. The molecule has 2 atom stereocenters. The van der Waals surface area contributed by atoms with Crippen LogP contribution in [0.4, 0.5) is 0 Å². The molecule has 112 valence electrons. The quantitative estimate of drug-likeness (QED) is 0.556. The normalized spacial score (nSPS) is 13.0. The maximum Gasteiger partial charge on any atom is 0.254 e. The lowest BCUT2D eigenvalue weighted by Crippen LogP contribution is -2.46. The molecule has 1 rings (SSSR count). The zero-order chi connectivity index (χ0) is 15.7. The van der Waals surface area contributed by atoms with Crippen molar-refractivity contribution in [3.8, 4) is 12.3 Å². The summed E-state index contributed by atoms with van der Waals surface area (Å²) in [6, 6.07) is 8.30. The predicted octanol–water partition coefficient (Wildman–Crippen LogP) is 1.15. The molecule has 0 heterocycles. The standard InChI is InChI=1S/C16H20N2O3/c1-3-4-6-11-13(15(17)19)18-16(20)14(21-2)12-9-7-5-8-10-12/h1,5,7-10,13-14H,4,6,11H2,2H3,(H2,17,19)(H,18,20)/t13-,14+/m0/s1. The molecule has 0 aliphatic heterocycles. The van der Waals surface area contributed by atoms with Gasteiger partial charge < -0.3 is 15.8 Å². The first kappa shape index (κ1) is 16.7. The minimum Gasteiger partial charge on any atom is -0.368 e. The second kappa shape index (κ2) is 8.77. The summed E-state index contributed by atoms with van der Waals surface area (Å²) in [4.78, 5) is 23.6. The van der Waals surface area contributed by atoms with E-state index in [0.717, 1.165) is 0 Å². The summed E-state index contributed by atoms with van der Waals surface area (Å²) in [7, 11) is 1.44. The van der Waals surface area contributed by atoms with Gasteiger partial charge in [-0.15, -0.1) is 12.3 Å². The number of primary amides is 1. The summed E-state index contributed by atoms with van der Waals surface area (Å²) in [6.45, 7) is 0. The number of rotatable bonds is 8. The molecule has 0 aromatic heterocycles. The van der Waals surface area contributed by atoms with Gasteiger partial charge in [0.05, 0.1) is 0 Å². The number of nitrogens with one attached hydrogen (secondary N) is 1. The van der Waals surface area contributed by atoms with Crippen molar-refractivity contribution in [2.75, 3.05) is 7.11 Å². The lowest BCUT2D eigenvalue weighted by Gasteiger charge is -2.20. The minimum atomic E-state index is -0.777. The first-order valence-electron chi connectivity index (χ1n) is 6.71. The van der Waals surface area contributed by atoms with Crippen molar-refractivity contribution in [1.82, 2.24) is 5.32 Å². The van der Waals surface area contributed by atoms with E-state index in [2.05, 4.69) is 11.2 Å². The summed E-state index contributed by atoms with van der Waals surface area (Å²) in [5, 5.41) is 2.62. The van der Waals surface area contributed by atoms with Gasteiger partial charge in [0.2, 0.25) is 5.91 Å². The van der Waals surface area contributed by atoms with Crippen LogP contribution in [0.15, 0.2) is 30.3 Å². The average molecular weight is 288 g/mol. The fourth-order valence-electron chi connectivity index (χ4n) is 1.96. The highest BCUT2D eigenvalue weighted by molar-refractivity contribution is 5.89. The van der Waals surface area contributed by atoms with Gasteiger partial charge in [0.1, 0.15) is 6.04 Å². The Morgan fingerprint density at radius 1 is 1.38 bits per heavy atom. The molecule has 0 radical (unpaired) electrons. The van der Waals surface area contributed by atoms with E-state index in [9.17, 15) is 9.59 Å². The number of unbranched alkanes of at least 4 members (excludes halogenated alkanes) is 1. The molecular formula is C16H20N2O3. The Balaban J connectivity index is 2.71. The monoisotopic (exact) mass is 288 g/mol. The Morgan fingerprint density at radius 2 is 2.05 bits per heavy atom. The van der Waals surface area contributed by atoms with E-state index in [-0.39, 0.29) is 0 Å². The number of carbonyl (C=O) groups is 2. The fourth-order valence-corrected chi connectivity index (χ4v) is 1.96. The third-order valence-corrected chi connectivity index (χ3v) is 3.05. The number of methoxy groups -OCH3 is 1. The molecular weight excluding hydrogens is 268 g/mol. The van der Waals surface area contributed by atoms with E-state index in [4.69, 9.17) is 16.9 Å². The van der Waals surface area contributed by atoms with Crippen molar-refractivity contribution in [1.29, 1.82) is 0 Å². The lowest BCUT2D eigenvalue weighted by atomic mass is 10.1. The molecule has 0 saturated heterocycles. The SMILES string of the molecule is C#CCCC[C@H](NC(=O)[C@H](OC)c1ccccc1)C(N)=O. The van der Waals surface area contributed by atoms with Crippen molar-refractivity contribution in [2.24, 2.45) is 5.73 Å². The van der Waals surface area contributed by atoms with E-state index >= 15 is 0 Å². The van der Waals surface area contributed by atoms with Gasteiger partial charge in [0.15, 0.2) is 6.10 Å². The van der Waals surface area contributed by atoms with Crippen LogP contribution in [0.2, 0.25) is 0 Å². The lowest BCUT2D eigenvalue weighted by molar-refractivity contribution is -0.135. The summed E-state index contributed by atoms with van der Waals surface area (Å²) >= 11 is 0. The summed E-state index contributed by atoms with van der Waals surface area (Å²) < 4.78 is 5.21. The number of benzene rings is 1. The Labute approximate surface area is 124 Å². The van der Waals surface area contributed by atoms with E-state index < -0.39 is 24.0 Å². The second-order valence-corrected chi connectivity index (χ2v) is 4.59. The van der Waals surface area contributed by atoms with Gasteiger partial charge in [-0.05, 0) is 18.4 Å². The highest BCUT2D eigenvalue weighted by Crippen LogP contribution is 2.16. The maximum absolute atomic E-state index is 12.2. The Bertz CT molecular complexity index is 508. The second-order valence-electron chi connectivity index (χ2n) is 4.59. The van der Waals surface area contributed by atoms with Crippen LogP contribution in [0.1, 0.15) is 30.9 Å². The summed E-state index contributed by atoms with van der Waals surface area (Å²) in [6.07, 6.45) is 5.95. The van der Waals surface area contributed by atoms with E-state index in [0.29, 0.717) is 24.8 Å². The molecule has 5 heteroatoms. The number of hydrogen-bond acceptors (Lipinski definition) is 3. The van der Waals surface area contributed by atoms with E-state index in [1.807, 2.05) is 18.2 Å². The molecule has 0 saturated carbocycles. The highest BCUT2D eigenvalue weighted by atomic mass is 16.5. The van der Waals surface area contributed by atoms with Crippen LogP contribution in [0, 0.1) is 12.3 Å².